The van der Waals surface area contributed by atoms with Gasteiger partial charge in [0.1, 0.15) is 17.9 Å². The lowest BCUT2D eigenvalue weighted by molar-refractivity contribution is -0.137. The Labute approximate surface area is 148 Å². The second kappa shape index (κ2) is 9.19. The van der Waals surface area contributed by atoms with Crippen molar-refractivity contribution >= 4 is 23.4 Å². The number of fused-ring (bicyclic) bond motifs is 1. The Morgan fingerprint density at radius 3 is 2.85 bits per heavy atom. The molecule has 0 N–H and O–H groups in total. The van der Waals surface area contributed by atoms with Crippen LogP contribution in [0.2, 0.25) is 0 Å². The zero-order valence-electron chi connectivity index (χ0n) is 14.4. The van der Waals surface area contributed by atoms with Gasteiger partial charge in [0.2, 0.25) is 5.89 Å². The van der Waals surface area contributed by atoms with Gasteiger partial charge in [-0.15, -0.1) is 0 Å². The zero-order valence-corrected chi connectivity index (χ0v) is 14.4. The Hall–Kier alpha value is -2.61. The molecule has 140 valence electrons. The van der Waals surface area contributed by atoms with Crippen molar-refractivity contribution in [2.45, 2.75) is 20.0 Å². The molecule has 2 aromatic rings. The van der Waals surface area contributed by atoms with Crippen LogP contribution in [-0.2, 0) is 15.7 Å². The molecule has 1 heterocycles. The average molecular weight is 368 g/mol. The summed E-state index contributed by atoms with van der Waals surface area (Å²) in [6, 6.07) is 3.17. The number of halogens is 3. The topological polar surface area (TPSA) is 56.9 Å². The summed E-state index contributed by atoms with van der Waals surface area (Å²) in [5, 5.41) is 0. The number of hydrogen-bond acceptors (Lipinski definition) is 5. The van der Waals surface area contributed by atoms with E-state index in [1.165, 1.54) is 24.6 Å². The van der Waals surface area contributed by atoms with E-state index in [0.29, 0.717) is 25.6 Å². The molecule has 0 amide bonds. The van der Waals surface area contributed by atoms with E-state index in [4.69, 9.17) is 13.9 Å². The summed E-state index contributed by atoms with van der Waals surface area (Å²) in [6.45, 7) is 5.28. The summed E-state index contributed by atoms with van der Waals surface area (Å²) in [7, 11) is 0. The first-order chi connectivity index (χ1) is 12.4. The Kier molecular flexibility index (Phi) is 6.97. The summed E-state index contributed by atoms with van der Waals surface area (Å²) in [4.78, 5) is 8.04. The van der Waals surface area contributed by atoms with Crippen LogP contribution in [-0.4, -0.2) is 31.0 Å². The highest BCUT2D eigenvalue weighted by atomic mass is 19.4. The van der Waals surface area contributed by atoms with Crippen molar-refractivity contribution in [3.8, 4) is 0 Å². The van der Waals surface area contributed by atoms with Crippen LogP contribution in [0.1, 0.15) is 25.3 Å². The van der Waals surface area contributed by atoms with Gasteiger partial charge in [0.15, 0.2) is 5.58 Å². The molecule has 0 aliphatic heterocycles. The van der Waals surface area contributed by atoms with Crippen LogP contribution in [0.15, 0.2) is 45.6 Å². The number of aliphatic imine (C=N–C) groups is 1. The lowest BCUT2D eigenvalue weighted by atomic mass is 10.2. The number of hydrogen-bond donors (Lipinski definition) is 0. The molecule has 0 atom stereocenters. The monoisotopic (exact) mass is 368 g/mol. The van der Waals surface area contributed by atoms with Gasteiger partial charge in [0, 0.05) is 18.9 Å². The number of aromatic nitrogens is 1. The van der Waals surface area contributed by atoms with Crippen molar-refractivity contribution in [3.05, 3.63) is 47.7 Å². The third kappa shape index (κ3) is 6.03. The number of alkyl halides is 3. The van der Waals surface area contributed by atoms with E-state index in [1.807, 2.05) is 6.92 Å². The van der Waals surface area contributed by atoms with Crippen LogP contribution in [0, 0.1) is 0 Å². The molecule has 0 aliphatic rings. The molecule has 8 heteroatoms. The second-order valence-corrected chi connectivity index (χ2v) is 5.17. The Bertz CT molecular complexity index is 808. The molecule has 2 rings (SSSR count). The molecule has 0 bridgehead atoms. The normalized spacial score (nSPS) is 13.3. The third-order valence-electron chi connectivity index (χ3n) is 3.16. The van der Waals surface area contributed by atoms with E-state index in [9.17, 15) is 13.2 Å². The molecule has 0 unspecified atom stereocenters. The molecule has 0 saturated carbocycles. The van der Waals surface area contributed by atoms with Crippen LogP contribution in [0.25, 0.3) is 17.2 Å². The molecule has 26 heavy (non-hydrogen) atoms. The Morgan fingerprint density at radius 2 is 2.12 bits per heavy atom. The zero-order chi connectivity index (χ0) is 19.0. The van der Waals surface area contributed by atoms with E-state index < -0.39 is 11.7 Å². The van der Waals surface area contributed by atoms with Gasteiger partial charge in [-0.3, -0.25) is 4.99 Å². The van der Waals surface area contributed by atoms with Gasteiger partial charge in [-0.1, -0.05) is 0 Å². The molecule has 5 nitrogen and oxygen atoms in total. The minimum atomic E-state index is -4.41. The van der Waals surface area contributed by atoms with E-state index in [-0.39, 0.29) is 17.0 Å². The highest BCUT2D eigenvalue weighted by Gasteiger charge is 2.30. The van der Waals surface area contributed by atoms with Gasteiger partial charge in [-0.2, -0.15) is 13.2 Å². The van der Waals surface area contributed by atoms with Gasteiger partial charge in [-0.25, -0.2) is 4.98 Å². The molecular weight excluding hydrogens is 349 g/mol. The van der Waals surface area contributed by atoms with E-state index >= 15 is 0 Å². The minimum absolute atomic E-state index is 0.148. The van der Waals surface area contributed by atoms with Crippen LogP contribution in [0.5, 0.6) is 0 Å². The molecule has 1 aromatic carbocycles. The molecular formula is C18H19F3N2O3. The van der Waals surface area contributed by atoms with Gasteiger partial charge < -0.3 is 13.9 Å². The average Bonchev–Trinajstić information content (AvgIpc) is 2.99. The second-order valence-electron chi connectivity index (χ2n) is 5.17. The summed E-state index contributed by atoms with van der Waals surface area (Å²) in [5.41, 5.74) is -0.330. The predicted octanol–water partition coefficient (Wildman–Crippen LogP) is 4.85. The van der Waals surface area contributed by atoms with E-state index in [0.717, 1.165) is 12.1 Å². The van der Waals surface area contributed by atoms with Gasteiger partial charge >= 0.3 is 6.18 Å². The Morgan fingerprint density at radius 1 is 1.31 bits per heavy atom. The number of benzene rings is 1. The molecule has 0 spiro atoms. The maximum atomic E-state index is 12.7. The maximum absolute atomic E-state index is 12.7. The SMILES string of the molecule is CCOCCO/C(C)=C/N=C/C=C/c1nc2cc(C(F)(F)F)ccc2o1. The first kappa shape index (κ1) is 19.7. The summed E-state index contributed by atoms with van der Waals surface area (Å²) in [5.74, 6) is 0.829. The van der Waals surface area contributed by atoms with Crippen molar-refractivity contribution in [2.24, 2.45) is 4.99 Å². The van der Waals surface area contributed by atoms with Crippen molar-refractivity contribution in [1.29, 1.82) is 0 Å². The van der Waals surface area contributed by atoms with Crippen molar-refractivity contribution in [2.75, 3.05) is 19.8 Å². The van der Waals surface area contributed by atoms with E-state index in [1.54, 1.807) is 13.0 Å². The number of ether oxygens (including phenoxy) is 2. The summed E-state index contributed by atoms with van der Waals surface area (Å²) < 4.78 is 53.9. The first-order valence-corrected chi connectivity index (χ1v) is 7.95. The molecule has 0 fully saturated rings. The van der Waals surface area contributed by atoms with Crippen LogP contribution >= 0.6 is 0 Å². The van der Waals surface area contributed by atoms with Crippen molar-refractivity contribution < 1.29 is 27.1 Å². The van der Waals surface area contributed by atoms with Crippen molar-refractivity contribution in [1.82, 2.24) is 4.98 Å². The first-order valence-electron chi connectivity index (χ1n) is 7.95. The maximum Gasteiger partial charge on any atom is 0.416 e. The molecule has 1 aromatic heterocycles. The number of nitrogens with zero attached hydrogens (tertiary/aromatic N) is 2. The lowest BCUT2D eigenvalue weighted by Gasteiger charge is -2.04. The number of oxazole rings is 1. The minimum Gasteiger partial charge on any atom is -0.494 e. The van der Waals surface area contributed by atoms with Crippen LogP contribution in [0.3, 0.4) is 0 Å². The molecule has 0 saturated heterocycles. The predicted molar refractivity (Wildman–Crippen MR) is 92.7 cm³/mol. The van der Waals surface area contributed by atoms with Gasteiger partial charge in [-0.05, 0) is 38.1 Å². The van der Waals surface area contributed by atoms with Crippen LogP contribution in [0.4, 0.5) is 13.2 Å². The molecule has 0 radical (unpaired) electrons. The number of rotatable bonds is 8. The largest absolute Gasteiger partial charge is 0.494 e. The van der Waals surface area contributed by atoms with Gasteiger partial charge in [0.05, 0.1) is 18.4 Å². The van der Waals surface area contributed by atoms with Crippen molar-refractivity contribution in [3.63, 3.8) is 0 Å². The quantitative estimate of drug-likeness (QED) is 0.380. The number of allylic oxidation sites excluding steroid dienone is 2. The fourth-order valence-electron chi connectivity index (χ4n) is 1.96. The summed E-state index contributed by atoms with van der Waals surface area (Å²) in [6.07, 6.45) is 1.70. The standard InChI is InChI=1S/C18H19F3N2O3/c1-3-24-9-10-25-13(2)12-22-8-4-5-17-23-15-11-14(18(19,20)21)6-7-16(15)26-17/h4-8,11-12H,3,9-10H2,1-2H3/b5-4+,13-12+,22-8+. The Balaban J connectivity index is 1.93. The third-order valence-corrected chi connectivity index (χ3v) is 3.16. The smallest absolute Gasteiger partial charge is 0.416 e. The lowest BCUT2D eigenvalue weighted by Crippen LogP contribution is -2.03. The highest BCUT2D eigenvalue weighted by Crippen LogP contribution is 2.31. The highest BCUT2D eigenvalue weighted by molar-refractivity contribution is 5.79. The fraction of sp³-hybridized carbons (Fsp3) is 0.333. The summed E-state index contributed by atoms with van der Waals surface area (Å²) >= 11 is 0. The fourth-order valence-corrected chi connectivity index (χ4v) is 1.96. The van der Waals surface area contributed by atoms with Crippen LogP contribution < -0.4 is 0 Å². The van der Waals surface area contributed by atoms with Gasteiger partial charge in [0.25, 0.3) is 0 Å². The van der Waals surface area contributed by atoms with E-state index in [2.05, 4.69) is 9.98 Å². The molecule has 0 aliphatic carbocycles.